The molecule has 21 heavy (non-hydrogen) atoms. The Morgan fingerprint density at radius 2 is 2.10 bits per heavy atom. The fraction of sp³-hybridized carbons (Fsp3) is 0.400. The molecule has 1 aromatic heterocycles. The molecule has 1 unspecified atom stereocenters. The highest BCUT2D eigenvalue weighted by Gasteiger charge is 2.18. The van der Waals surface area contributed by atoms with E-state index in [1.807, 2.05) is 20.0 Å². The lowest BCUT2D eigenvalue weighted by atomic mass is 10.00. The second-order valence-electron chi connectivity index (χ2n) is 4.88. The number of hydrogen-bond acceptors (Lipinski definition) is 2. The lowest BCUT2D eigenvalue weighted by Crippen LogP contribution is -2.23. The molecule has 1 atom stereocenters. The summed E-state index contributed by atoms with van der Waals surface area (Å²) in [6, 6.07) is 3.85. The molecule has 0 aliphatic heterocycles. The van der Waals surface area contributed by atoms with Crippen LogP contribution in [0.2, 0.25) is 5.02 Å². The normalized spacial score (nSPS) is 12.6. The Bertz CT molecular complexity index is 613. The predicted octanol–water partition coefficient (Wildman–Crippen LogP) is 3.64. The zero-order chi connectivity index (χ0) is 15.4. The van der Waals surface area contributed by atoms with Crippen molar-refractivity contribution in [3.63, 3.8) is 0 Å². The summed E-state index contributed by atoms with van der Waals surface area (Å²) < 4.78 is 29.4. The number of halogens is 3. The maximum Gasteiger partial charge on any atom is 0.142 e. The minimum Gasteiger partial charge on any atom is -0.310 e. The first kappa shape index (κ1) is 15.9. The number of rotatable bonds is 6. The molecular formula is C15H18ClF2N3. The highest BCUT2D eigenvalue weighted by molar-refractivity contribution is 6.30. The average Bonchev–Trinajstić information content (AvgIpc) is 2.84. The summed E-state index contributed by atoms with van der Waals surface area (Å²) in [4.78, 5) is 0. The van der Waals surface area contributed by atoms with Gasteiger partial charge in [-0.05, 0) is 37.6 Å². The summed E-state index contributed by atoms with van der Waals surface area (Å²) in [5.41, 5.74) is 1.36. The summed E-state index contributed by atoms with van der Waals surface area (Å²) in [6.07, 6.45) is 3.09. The summed E-state index contributed by atoms with van der Waals surface area (Å²) in [6.45, 7) is 2.60. The first-order chi connectivity index (χ1) is 10.0. The van der Waals surface area contributed by atoms with Crippen molar-refractivity contribution in [3.8, 4) is 0 Å². The van der Waals surface area contributed by atoms with Gasteiger partial charge in [0.2, 0.25) is 0 Å². The minimum absolute atomic E-state index is 0.196. The zero-order valence-corrected chi connectivity index (χ0v) is 12.8. The van der Waals surface area contributed by atoms with Crippen LogP contribution in [-0.4, -0.2) is 16.3 Å². The van der Waals surface area contributed by atoms with E-state index in [1.165, 1.54) is 6.07 Å². The lowest BCUT2D eigenvalue weighted by Gasteiger charge is -2.19. The van der Waals surface area contributed by atoms with E-state index in [-0.39, 0.29) is 11.1 Å². The van der Waals surface area contributed by atoms with Crippen molar-refractivity contribution in [2.75, 3.05) is 6.54 Å². The van der Waals surface area contributed by atoms with E-state index < -0.39 is 11.6 Å². The molecule has 0 saturated carbocycles. The molecule has 1 aromatic carbocycles. The van der Waals surface area contributed by atoms with Gasteiger partial charge in [-0.15, -0.1) is 0 Å². The number of aromatic nitrogens is 2. The maximum atomic E-state index is 14.0. The van der Waals surface area contributed by atoms with Crippen molar-refractivity contribution in [1.82, 2.24) is 15.1 Å². The number of aryl methyl sites for hydroxylation is 2. The Morgan fingerprint density at radius 1 is 1.33 bits per heavy atom. The van der Waals surface area contributed by atoms with E-state index in [1.54, 1.807) is 10.9 Å². The molecule has 2 rings (SSSR count). The van der Waals surface area contributed by atoms with Gasteiger partial charge in [-0.25, -0.2) is 8.78 Å². The van der Waals surface area contributed by atoms with Gasteiger partial charge in [-0.2, -0.15) is 5.10 Å². The SMILES string of the molecule is CCNC(CCc1ccnn1C)c1cc(F)c(Cl)cc1F. The summed E-state index contributed by atoms with van der Waals surface area (Å²) in [7, 11) is 1.86. The lowest BCUT2D eigenvalue weighted by molar-refractivity contribution is 0.474. The van der Waals surface area contributed by atoms with Crippen LogP contribution in [0.3, 0.4) is 0 Å². The van der Waals surface area contributed by atoms with Gasteiger partial charge < -0.3 is 5.32 Å². The van der Waals surface area contributed by atoms with Gasteiger partial charge >= 0.3 is 0 Å². The van der Waals surface area contributed by atoms with Crippen LogP contribution in [-0.2, 0) is 13.5 Å². The van der Waals surface area contributed by atoms with Crippen LogP contribution in [0.15, 0.2) is 24.4 Å². The second kappa shape index (κ2) is 7.00. The van der Waals surface area contributed by atoms with Gasteiger partial charge in [-0.1, -0.05) is 18.5 Å². The Morgan fingerprint density at radius 3 is 2.71 bits per heavy atom. The summed E-state index contributed by atoms with van der Waals surface area (Å²) in [5.74, 6) is -1.09. The van der Waals surface area contributed by atoms with Gasteiger partial charge in [0, 0.05) is 30.5 Å². The molecule has 6 heteroatoms. The Balaban J connectivity index is 2.19. The molecule has 1 N–H and O–H groups in total. The molecular weight excluding hydrogens is 296 g/mol. The second-order valence-corrected chi connectivity index (χ2v) is 5.29. The van der Waals surface area contributed by atoms with E-state index in [0.29, 0.717) is 18.5 Å². The summed E-state index contributed by atoms with van der Waals surface area (Å²) >= 11 is 5.60. The Hall–Kier alpha value is -1.46. The van der Waals surface area contributed by atoms with Gasteiger partial charge in [0.25, 0.3) is 0 Å². The molecule has 2 aromatic rings. The standard InChI is InChI=1S/C15H18ClF2N3/c1-3-19-15(5-4-10-6-7-20-21(10)2)11-8-14(18)12(16)9-13(11)17/h6-9,15,19H,3-5H2,1-2H3. The van der Waals surface area contributed by atoms with Crippen LogP contribution in [0.1, 0.15) is 30.6 Å². The van der Waals surface area contributed by atoms with Crippen LogP contribution in [0.5, 0.6) is 0 Å². The van der Waals surface area contributed by atoms with Crippen molar-refractivity contribution < 1.29 is 8.78 Å². The predicted molar refractivity (Wildman–Crippen MR) is 79.3 cm³/mol. The number of hydrogen-bond donors (Lipinski definition) is 1. The molecule has 0 aliphatic carbocycles. The number of nitrogens with zero attached hydrogens (tertiary/aromatic N) is 2. The van der Waals surface area contributed by atoms with E-state index in [2.05, 4.69) is 10.4 Å². The molecule has 0 aliphatic rings. The van der Waals surface area contributed by atoms with Crippen LogP contribution >= 0.6 is 11.6 Å². The molecule has 0 radical (unpaired) electrons. The molecule has 114 valence electrons. The molecule has 0 bridgehead atoms. The number of nitrogens with one attached hydrogen (secondary N) is 1. The van der Waals surface area contributed by atoms with Gasteiger partial charge in [0.1, 0.15) is 11.6 Å². The third-order valence-electron chi connectivity index (χ3n) is 3.48. The average molecular weight is 314 g/mol. The highest BCUT2D eigenvalue weighted by Crippen LogP contribution is 2.26. The smallest absolute Gasteiger partial charge is 0.142 e. The molecule has 3 nitrogen and oxygen atoms in total. The van der Waals surface area contributed by atoms with Crippen molar-refractivity contribution in [2.45, 2.75) is 25.8 Å². The Kier molecular flexibility index (Phi) is 5.31. The quantitative estimate of drug-likeness (QED) is 0.825. The highest BCUT2D eigenvalue weighted by atomic mass is 35.5. The van der Waals surface area contributed by atoms with Gasteiger partial charge in [-0.3, -0.25) is 4.68 Å². The summed E-state index contributed by atoms with van der Waals surface area (Å²) in [5, 5.41) is 7.09. The van der Waals surface area contributed by atoms with E-state index >= 15 is 0 Å². The molecule has 0 spiro atoms. The maximum absolute atomic E-state index is 14.0. The van der Waals surface area contributed by atoms with Crippen LogP contribution in [0.4, 0.5) is 8.78 Å². The van der Waals surface area contributed by atoms with Crippen LogP contribution < -0.4 is 5.32 Å². The van der Waals surface area contributed by atoms with E-state index in [0.717, 1.165) is 18.2 Å². The fourth-order valence-corrected chi connectivity index (χ4v) is 2.51. The molecule has 1 heterocycles. The van der Waals surface area contributed by atoms with Gasteiger partial charge in [0.15, 0.2) is 0 Å². The van der Waals surface area contributed by atoms with Crippen molar-refractivity contribution in [2.24, 2.45) is 7.05 Å². The zero-order valence-electron chi connectivity index (χ0n) is 12.0. The van der Waals surface area contributed by atoms with Crippen molar-refractivity contribution >= 4 is 11.6 Å². The van der Waals surface area contributed by atoms with E-state index in [4.69, 9.17) is 11.6 Å². The topological polar surface area (TPSA) is 29.9 Å². The van der Waals surface area contributed by atoms with Gasteiger partial charge in [0.05, 0.1) is 5.02 Å². The monoisotopic (exact) mass is 313 g/mol. The third-order valence-corrected chi connectivity index (χ3v) is 3.77. The third kappa shape index (κ3) is 3.80. The van der Waals surface area contributed by atoms with Crippen molar-refractivity contribution in [3.05, 3.63) is 52.3 Å². The number of benzene rings is 1. The first-order valence-corrected chi connectivity index (χ1v) is 7.25. The Labute approximate surface area is 127 Å². The van der Waals surface area contributed by atoms with Crippen molar-refractivity contribution in [1.29, 1.82) is 0 Å². The largest absolute Gasteiger partial charge is 0.310 e. The molecule has 0 fully saturated rings. The van der Waals surface area contributed by atoms with Crippen LogP contribution in [0.25, 0.3) is 0 Å². The first-order valence-electron chi connectivity index (χ1n) is 6.87. The molecule has 0 amide bonds. The van der Waals surface area contributed by atoms with E-state index in [9.17, 15) is 8.78 Å². The minimum atomic E-state index is -0.600. The fourth-order valence-electron chi connectivity index (χ4n) is 2.36. The van der Waals surface area contributed by atoms with Crippen LogP contribution in [0, 0.1) is 11.6 Å². The molecule has 0 saturated heterocycles.